The fourth-order valence-electron chi connectivity index (χ4n) is 2.47. The largest absolute Gasteiger partial charge is 0.375 e. The first kappa shape index (κ1) is 13.8. The van der Waals surface area contributed by atoms with Crippen molar-refractivity contribution >= 4 is 45.3 Å². The van der Waals surface area contributed by atoms with Crippen molar-refractivity contribution in [3.05, 3.63) is 53.3 Å². The summed E-state index contributed by atoms with van der Waals surface area (Å²) in [6.07, 6.45) is 3.62. The van der Waals surface area contributed by atoms with Crippen LogP contribution in [0.15, 0.2) is 24.3 Å². The molecule has 0 fully saturated rings. The number of nitro groups is 1. The van der Waals surface area contributed by atoms with E-state index in [-0.39, 0.29) is 10.6 Å². The minimum absolute atomic E-state index is 0.140. The van der Waals surface area contributed by atoms with Gasteiger partial charge in [0.15, 0.2) is 0 Å². The quantitative estimate of drug-likeness (QED) is 0.471. The van der Waals surface area contributed by atoms with E-state index < -0.39 is 0 Å². The number of fused-ring (bicyclic) bond motifs is 1. The second kappa shape index (κ2) is 5.69. The molecule has 1 aliphatic rings. The molecular weight excluding hydrogens is 387 g/mol. The molecule has 1 aromatic carbocycles. The molecule has 0 spiro atoms. The SMILES string of the molecule is O=[N+]([O-])c1cc(I)ccc1NCc1cc2c(s1)CCC2. The second-order valence-corrected chi connectivity index (χ2v) is 7.25. The Balaban J connectivity index is 1.76. The summed E-state index contributed by atoms with van der Waals surface area (Å²) in [7, 11) is 0. The summed E-state index contributed by atoms with van der Waals surface area (Å²) < 4.78 is 0.870. The molecule has 0 atom stereocenters. The van der Waals surface area contributed by atoms with Gasteiger partial charge >= 0.3 is 0 Å². The van der Waals surface area contributed by atoms with E-state index in [0.717, 1.165) is 3.57 Å². The van der Waals surface area contributed by atoms with Crippen LogP contribution in [0.4, 0.5) is 11.4 Å². The lowest BCUT2D eigenvalue weighted by molar-refractivity contribution is -0.384. The van der Waals surface area contributed by atoms with Crippen molar-refractivity contribution in [3.8, 4) is 0 Å². The Morgan fingerprint density at radius 3 is 2.95 bits per heavy atom. The monoisotopic (exact) mass is 400 g/mol. The van der Waals surface area contributed by atoms with E-state index in [1.807, 2.05) is 17.4 Å². The van der Waals surface area contributed by atoms with E-state index in [1.54, 1.807) is 12.1 Å². The van der Waals surface area contributed by atoms with Crippen LogP contribution in [0.25, 0.3) is 0 Å². The molecular formula is C14H13IN2O2S. The molecule has 0 amide bonds. The van der Waals surface area contributed by atoms with E-state index in [0.29, 0.717) is 12.2 Å². The van der Waals surface area contributed by atoms with Crippen molar-refractivity contribution < 1.29 is 4.92 Å². The molecule has 0 radical (unpaired) electrons. The van der Waals surface area contributed by atoms with E-state index >= 15 is 0 Å². The van der Waals surface area contributed by atoms with Gasteiger partial charge in [-0.2, -0.15) is 0 Å². The maximum Gasteiger partial charge on any atom is 0.293 e. The van der Waals surface area contributed by atoms with Crippen molar-refractivity contribution in [2.24, 2.45) is 0 Å². The highest BCUT2D eigenvalue weighted by molar-refractivity contribution is 14.1. The predicted octanol–water partition coefficient (Wildman–Crippen LogP) is 4.36. The molecule has 104 valence electrons. The normalized spacial score (nSPS) is 13.2. The number of benzene rings is 1. The van der Waals surface area contributed by atoms with Gasteiger partial charge in [0.2, 0.25) is 0 Å². The molecule has 3 rings (SSSR count). The number of hydrogen-bond donors (Lipinski definition) is 1. The van der Waals surface area contributed by atoms with Crippen molar-refractivity contribution in [1.82, 2.24) is 0 Å². The van der Waals surface area contributed by atoms with Crippen molar-refractivity contribution in [1.29, 1.82) is 0 Å². The van der Waals surface area contributed by atoms with Gasteiger partial charge in [0.1, 0.15) is 5.69 Å². The van der Waals surface area contributed by atoms with Crippen LogP contribution in [0.2, 0.25) is 0 Å². The molecule has 20 heavy (non-hydrogen) atoms. The topological polar surface area (TPSA) is 55.2 Å². The third-order valence-corrected chi connectivity index (χ3v) is 5.32. The third-order valence-electron chi connectivity index (χ3n) is 3.41. The number of hydrogen-bond acceptors (Lipinski definition) is 4. The van der Waals surface area contributed by atoms with E-state index in [4.69, 9.17) is 0 Å². The minimum Gasteiger partial charge on any atom is -0.375 e. The number of nitrogens with one attached hydrogen (secondary N) is 1. The van der Waals surface area contributed by atoms with Gasteiger partial charge in [0, 0.05) is 25.9 Å². The van der Waals surface area contributed by atoms with Gasteiger partial charge in [0.25, 0.3) is 5.69 Å². The number of nitro benzene ring substituents is 1. The van der Waals surface area contributed by atoms with Crippen LogP contribution in [-0.2, 0) is 19.4 Å². The Hall–Kier alpha value is -1.15. The van der Waals surface area contributed by atoms with Crippen LogP contribution in [0.5, 0.6) is 0 Å². The van der Waals surface area contributed by atoms with Gasteiger partial charge in [-0.3, -0.25) is 10.1 Å². The van der Waals surface area contributed by atoms with Crippen molar-refractivity contribution in [2.45, 2.75) is 25.8 Å². The molecule has 1 aliphatic carbocycles. The lowest BCUT2D eigenvalue weighted by Crippen LogP contribution is -2.01. The summed E-state index contributed by atoms with van der Waals surface area (Å²) in [5.74, 6) is 0. The van der Waals surface area contributed by atoms with Crippen LogP contribution in [0.1, 0.15) is 21.7 Å². The molecule has 0 saturated carbocycles. The lowest BCUT2D eigenvalue weighted by atomic mass is 10.2. The molecule has 4 nitrogen and oxygen atoms in total. The molecule has 1 N–H and O–H groups in total. The zero-order valence-corrected chi connectivity index (χ0v) is 13.7. The smallest absolute Gasteiger partial charge is 0.293 e. The third kappa shape index (κ3) is 2.80. The Labute approximate surface area is 134 Å². The summed E-state index contributed by atoms with van der Waals surface area (Å²) in [5.41, 5.74) is 2.19. The maximum absolute atomic E-state index is 11.1. The summed E-state index contributed by atoms with van der Waals surface area (Å²) in [6.45, 7) is 0.652. The summed E-state index contributed by atoms with van der Waals surface area (Å²) in [6, 6.07) is 7.49. The van der Waals surface area contributed by atoms with Crippen LogP contribution >= 0.6 is 33.9 Å². The second-order valence-electron chi connectivity index (χ2n) is 4.79. The number of aryl methyl sites for hydroxylation is 2. The van der Waals surface area contributed by atoms with Gasteiger partial charge in [0.05, 0.1) is 4.92 Å². The molecule has 6 heteroatoms. The number of halogens is 1. The molecule has 0 saturated heterocycles. The summed E-state index contributed by atoms with van der Waals surface area (Å²) >= 11 is 3.91. The van der Waals surface area contributed by atoms with Crippen molar-refractivity contribution in [3.63, 3.8) is 0 Å². The zero-order valence-electron chi connectivity index (χ0n) is 10.7. The Kier molecular flexibility index (Phi) is 3.93. The first-order valence-corrected chi connectivity index (χ1v) is 8.31. The molecule has 0 unspecified atom stereocenters. The number of rotatable bonds is 4. The van der Waals surface area contributed by atoms with Gasteiger partial charge in [-0.25, -0.2) is 0 Å². The highest BCUT2D eigenvalue weighted by Crippen LogP contribution is 2.32. The van der Waals surface area contributed by atoms with Crippen LogP contribution in [-0.4, -0.2) is 4.92 Å². The van der Waals surface area contributed by atoms with Crippen LogP contribution < -0.4 is 5.32 Å². The summed E-state index contributed by atoms with van der Waals surface area (Å²) in [4.78, 5) is 13.5. The van der Waals surface area contributed by atoms with Crippen LogP contribution in [0.3, 0.4) is 0 Å². The highest BCUT2D eigenvalue weighted by atomic mass is 127. The maximum atomic E-state index is 11.1. The van der Waals surface area contributed by atoms with E-state index in [1.165, 1.54) is 34.6 Å². The van der Waals surface area contributed by atoms with Gasteiger partial charge in [-0.1, -0.05) is 0 Å². The lowest BCUT2D eigenvalue weighted by Gasteiger charge is -2.06. The average molecular weight is 400 g/mol. The van der Waals surface area contributed by atoms with Crippen LogP contribution in [0, 0.1) is 13.7 Å². The van der Waals surface area contributed by atoms with E-state index in [9.17, 15) is 10.1 Å². The average Bonchev–Trinajstić information content (AvgIpc) is 2.97. The highest BCUT2D eigenvalue weighted by Gasteiger charge is 2.16. The molecule has 1 heterocycles. The fraction of sp³-hybridized carbons (Fsp3) is 0.286. The first-order chi connectivity index (χ1) is 9.63. The Bertz CT molecular complexity index is 648. The Morgan fingerprint density at radius 2 is 2.20 bits per heavy atom. The predicted molar refractivity (Wildman–Crippen MR) is 89.5 cm³/mol. The number of anilines is 1. The Morgan fingerprint density at radius 1 is 1.35 bits per heavy atom. The standard InChI is InChI=1S/C14H13IN2O2S/c15-10-4-5-12(13(7-10)17(18)19)16-8-11-6-9-2-1-3-14(9)20-11/h4-7,16H,1-3,8H2. The molecule has 2 aromatic rings. The van der Waals surface area contributed by atoms with E-state index in [2.05, 4.69) is 34.0 Å². The van der Waals surface area contributed by atoms with Gasteiger partial charge in [-0.05, 0) is 65.6 Å². The van der Waals surface area contributed by atoms with Gasteiger partial charge < -0.3 is 5.32 Å². The molecule has 0 aliphatic heterocycles. The van der Waals surface area contributed by atoms with Crippen molar-refractivity contribution in [2.75, 3.05) is 5.32 Å². The van der Waals surface area contributed by atoms with Gasteiger partial charge in [-0.15, -0.1) is 11.3 Å². The first-order valence-electron chi connectivity index (χ1n) is 6.42. The zero-order chi connectivity index (χ0) is 14.1. The summed E-state index contributed by atoms with van der Waals surface area (Å²) in [5, 5.41) is 14.3. The molecule has 0 bridgehead atoms. The number of thiophene rings is 1. The molecule has 1 aromatic heterocycles. The minimum atomic E-state index is -0.334. The number of nitrogens with zero attached hydrogens (tertiary/aromatic N) is 1. The fourth-order valence-corrected chi connectivity index (χ4v) is 4.14.